The average molecular weight is 194 g/mol. The molecule has 1 saturated carbocycles. The molecule has 0 saturated heterocycles. The van der Waals surface area contributed by atoms with Crippen molar-refractivity contribution >= 4 is 0 Å². The van der Waals surface area contributed by atoms with Crippen molar-refractivity contribution < 1.29 is 0 Å². The minimum atomic E-state index is 0.688. The third kappa shape index (κ3) is 4.11. The predicted molar refractivity (Wildman–Crippen MR) is 58.8 cm³/mol. The first kappa shape index (κ1) is 11.5. The van der Waals surface area contributed by atoms with E-state index < -0.39 is 0 Å². The van der Waals surface area contributed by atoms with E-state index in [1.165, 1.54) is 25.7 Å². The lowest BCUT2D eigenvalue weighted by Gasteiger charge is -2.28. The molecule has 0 bridgehead atoms. The van der Waals surface area contributed by atoms with Gasteiger partial charge in [0, 0.05) is 6.42 Å². The first-order valence-electron chi connectivity index (χ1n) is 5.92. The third-order valence-corrected chi connectivity index (χ3v) is 3.34. The quantitative estimate of drug-likeness (QED) is 0.683. The zero-order valence-electron chi connectivity index (χ0n) is 9.26. The van der Waals surface area contributed by atoms with Crippen LogP contribution in [0.15, 0.2) is 0 Å². The molecule has 0 heterocycles. The second-order valence-corrected chi connectivity index (χ2v) is 4.49. The van der Waals surface area contributed by atoms with Crippen LogP contribution < -0.4 is 5.32 Å². The molecule has 2 atom stereocenters. The summed E-state index contributed by atoms with van der Waals surface area (Å²) < 4.78 is 0. The Bertz CT molecular complexity index is 183. The molecule has 2 nitrogen and oxygen atoms in total. The number of nitriles is 1. The number of hydrogen-bond donors (Lipinski definition) is 1. The molecule has 2 unspecified atom stereocenters. The van der Waals surface area contributed by atoms with Crippen LogP contribution in [0.25, 0.3) is 0 Å². The highest BCUT2D eigenvalue weighted by molar-refractivity contribution is 4.74. The molecule has 0 radical (unpaired) electrons. The summed E-state index contributed by atoms with van der Waals surface area (Å²) >= 11 is 0. The van der Waals surface area contributed by atoms with Crippen molar-refractivity contribution in [2.24, 2.45) is 11.8 Å². The highest BCUT2D eigenvalue weighted by Crippen LogP contribution is 2.28. The van der Waals surface area contributed by atoms with Crippen LogP contribution in [0.4, 0.5) is 0 Å². The maximum absolute atomic E-state index is 8.38. The molecular formula is C12H22N2. The van der Waals surface area contributed by atoms with Crippen molar-refractivity contribution in [1.29, 1.82) is 5.26 Å². The summed E-state index contributed by atoms with van der Waals surface area (Å²) in [5, 5.41) is 11.8. The number of unbranched alkanes of at least 4 members (excludes halogenated alkanes) is 1. The van der Waals surface area contributed by atoms with Crippen molar-refractivity contribution in [3.63, 3.8) is 0 Å². The van der Waals surface area contributed by atoms with E-state index >= 15 is 0 Å². The summed E-state index contributed by atoms with van der Waals surface area (Å²) in [6.07, 6.45) is 7.32. The lowest BCUT2D eigenvalue weighted by Crippen LogP contribution is -2.29. The lowest BCUT2D eigenvalue weighted by atomic mass is 9.80. The second kappa shape index (κ2) is 6.84. The van der Waals surface area contributed by atoms with Crippen molar-refractivity contribution in [2.75, 3.05) is 13.1 Å². The first-order chi connectivity index (χ1) is 6.84. The molecule has 1 fully saturated rings. The molecule has 0 aliphatic heterocycles. The Kier molecular flexibility index (Phi) is 5.63. The van der Waals surface area contributed by atoms with Gasteiger partial charge in [0.15, 0.2) is 0 Å². The van der Waals surface area contributed by atoms with Gasteiger partial charge in [-0.1, -0.05) is 26.2 Å². The minimum Gasteiger partial charge on any atom is -0.316 e. The van der Waals surface area contributed by atoms with Crippen LogP contribution in [0.1, 0.15) is 45.4 Å². The van der Waals surface area contributed by atoms with Crippen molar-refractivity contribution in [2.45, 2.75) is 45.4 Å². The Hall–Kier alpha value is -0.550. The highest BCUT2D eigenvalue weighted by Gasteiger charge is 2.20. The predicted octanol–water partition coefficient (Wildman–Crippen LogP) is 2.71. The van der Waals surface area contributed by atoms with E-state index in [-0.39, 0.29) is 0 Å². The molecule has 0 amide bonds. The van der Waals surface area contributed by atoms with E-state index in [0.717, 1.165) is 31.3 Å². The van der Waals surface area contributed by atoms with Crippen molar-refractivity contribution in [3.05, 3.63) is 0 Å². The van der Waals surface area contributed by atoms with Gasteiger partial charge in [-0.2, -0.15) is 5.26 Å². The van der Waals surface area contributed by atoms with Gasteiger partial charge < -0.3 is 5.32 Å². The Labute approximate surface area is 87.7 Å². The van der Waals surface area contributed by atoms with E-state index in [1.54, 1.807) is 0 Å². The number of hydrogen-bond acceptors (Lipinski definition) is 2. The fourth-order valence-electron chi connectivity index (χ4n) is 2.28. The second-order valence-electron chi connectivity index (χ2n) is 4.49. The molecule has 14 heavy (non-hydrogen) atoms. The molecule has 1 aliphatic carbocycles. The van der Waals surface area contributed by atoms with E-state index in [2.05, 4.69) is 18.3 Å². The fourth-order valence-corrected chi connectivity index (χ4v) is 2.28. The van der Waals surface area contributed by atoms with Gasteiger partial charge in [0.05, 0.1) is 6.07 Å². The maximum atomic E-state index is 8.38. The molecule has 0 aromatic carbocycles. The van der Waals surface area contributed by atoms with Crippen molar-refractivity contribution in [1.82, 2.24) is 5.32 Å². The summed E-state index contributed by atoms with van der Waals surface area (Å²) in [4.78, 5) is 0. The molecule has 0 spiro atoms. The van der Waals surface area contributed by atoms with Crippen LogP contribution in [-0.2, 0) is 0 Å². The minimum absolute atomic E-state index is 0.688. The Balaban J connectivity index is 2.02. The zero-order chi connectivity index (χ0) is 10.2. The molecule has 1 rings (SSSR count). The molecular weight excluding hydrogens is 172 g/mol. The van der Waals surface area contributed by atoms with Gasteiger partial charge in [-0.3, -0.25) is 0 Å². The summed E-state index contributed by atoms with van der Waals surface area (Å²) in [6.45, 7) is 4.55. The monoisotopic (exact) mass is 194 g/mol. The number of rotatable bonds is 5. The standard InChI is InChI=1S/C12H22N2/c1-11-6-2-3-7-12(11)10-14-9-5-4-8-13/h11-12,14H,2-7,9-10H2,1H3. The normalized spacial score (nSPS) is 27.1. The Morgan fingerprint density at radius 2 is 2.14 bits per heavy atom. The molecule has 2 heteroatoms. The highest BCUT2D eigenvalue weighted by atomic mass is 14.9. The smallest absolute Gasteiger partial charge is 0.0622 e. The van der Waals surface area contributed by atoms with Gasteiger partial charge in [0.25, 0.3) is 0 Å². The zero-order valence-corrected chi connectivity index (χ0v) is 9.26. The molecule has 0 aromatic heterocycles. The number of nitrogens with one attached hydrogen (secondary N) is 1. The maximum Gasteiger partial charge on any atom is 0.0622 e. The van der Waals surface area contributed by atoms with Crippen LogP contribution in [-0.4, -0.2) is 13.1 Å². The van der Waals surface area contributed by atoms with Gasteiger partial charge >= 0.3 is 0 Å². The third-order valence-electron chi connectivity index (χ3n) is 3.34. The summed E-state index contributed by atoms with van der Waals surface area (Å²) in [5.74, 6) is 1.78. The largest absolute Gasteiger partial charge is 0.316 e. The van der Waals surface area contributed by atoms with Crippen LogP contribution >= 0.6 is 0 Å². The summed E-state index contributed by atoms with van der Waals surface area (Å²) in [6, 6.07) is 2.17. The topological polar surface area (TPSA) is 35.8 Å². The molecule has 1 N–H and O–H groups in total. The van der Waals surface area contributed by atoms with E-state index in [1.807, 2.05) is 0 Å². The lowest BCUT2D eigenvalue weighted by molar-refractivity contribution is 0.248. The van der Waals surface area contributed by atoms with Gasteiger partial charge in [0.2, 0.25) is 0 Å². The first-order valence-corrected chi connectivity index (χ1v) is 5.92. The molecule has 80 valence electrons. The van der Waals surface area contributed by atoms with Crippen LogP contribution in [0.2, 0.25) is 0 Å². The SMILES string of the molecule is CC1CCCCC1CNCCCC#N. The van der Waals surface area contributed by atoms with Gasteiger partial charge in [-0.15, -0.1) is 0 Å². The van der Waals surface area contributed by atoms with Gasteiger partial charge in [0.1, 0.15) is 0 Å². The van der Waals surface area contributed by atoms with Gasteiger partial charge in [-0.05, 0) is 37.8 Å². The fraction of sp³-hybridized carbons (Fsp3) is 0.917. The summed E-state index contributed by atoms with van der Waals surface area (Å²) in [7, 11) is 0. The van der Waals surface area contributed by atoms with Crippen LogP contribution in [0.5, 0.6) is 0 Å². The average Bonchev–Trinajstić information content (AvgIpc) is 2.20. The Morgan fingerprint density at radius 3 is 2.86 bits per heavy atom. The Morgan fingerprint density at radius 1 is 1.36 bits per heavy atom. The van der Waals surface area contributed by atoms with Crippen LogP contribution in [0, 0.1) is 23.2 Å². The number of nitrogens with zero attached hydrogens (tertiary/aromatic N) is 1. The van der Waals surface area contributed by atoms with Crippen molar-refractivity contribution in [3.8, 4) is 6.07 Å². The molecule has 0 aromatic rings. The summed E-state index contributed by atoms with van der Waals surface area (Å²) in [5.41, 5.74) is 0. The van der Waals surface area contributed by atoms with Gasteiger partial charge in [-0.25, -0.2) is 0 Å². The van der Waals surface area contributed by atoms with E-state index in [0.29, 0.717) is 6.42 Å². The van der Waals surface area contributed by atoms with Crippen LogP contribution in [0.3, 0.4) is 0 Å². The van der Waals surface area contributed by atoms with E-state index in [4.69, 9.17) is 5.26 Å². The van der Waals surface area contributed by atoms with E-state index in [9.17, 15) is 0 Å². The molecule has 1 aliphatic rings.